The van der Waals surface area contributed by atoms with Gasteiger partial charge in [0.05, 0.1) is 18.3 Å². The highest BCUT2D eigenvalue weighted by Gasteiger charge is 2.14. The Hall–Kier alpha value is -2.99. The van der Waals surface area contributed by atoms with Crippen molar-refractivity contribution in [3.05, 3.63) is 76.6 Å². The van der Waals surface area contributed by atoms with Crippen LogP contribution >= 0.6 is 0 Å². The van der Waals surface area contributed by atoms with Crippen LogP contribution in [-0.4, -0.2) is 40.2 Å². The maximum Gasteiger partial charge on any atom is 0.224 e. The SMILES string of the molecule is NCCN(CCc1ccccc1)C(=O)CCn1ncc(=O)c2ccccc21. The highest BCUT2D eigenvalue weighted by Crippen LogP contribution is 2.09. The van der Waals surface area contributed by atoms with Crippen molar-refractivity contribution in [2.75, 3.05) is 19.6 Å². The fourth-order valence-corrected chi connectivity index (χ4v) is 3.12. The van der Waals surface area contributed by atoms with E-state index in [1.54, 1.807) is 15.6 Å². The number of amides is 1. The lowest BCUT2D eigenvalue weighted by Crippen LogP contribution is -2.37. The molecule has 3 aromatic rings. The molecule has 1 heterocycles. The third-order valence-electron chi connectivity index (χ3n) is 4.56. The Kier molecular flexibility index (Phi) is 6.33. The molecule has 0 bridgehead atoms. The first-order valence-corrected chi connectivity index (χ1v) is 9.15. The first-order chi connectivity index (χ1) is 13.2. The molecular weight excluding hydrogens is 340 g/mol. The van der Waals surface area contributed by atoms with Crippen molar-refractivity contribution >= 4 is 16.8 Å². The van der Waals surface area contributed by atoms with Gasteiger partial charge in [-0.15, -0.1) is 0 Å². The van der Waals surface area contributed by atoms with Crippen molar-refractivity contribution in [3.63, 3.8) is 0 Å². The molecule has 0 saturated carbocycles. The smallest absolute Gasteiger partial charge is 0.224 e. The van der Waals surface area contributed by atoms with Gasteiger partial charge in [0.15, 0.2) is 0 Å². The largest absolute Gasteiger partial charge is 0.341 e. The number of carbonyl (C=O) groups is 1. The number of aryl methyl sites for hydroxylation is 1. The van der Waals surface area contributed by atoms with Crippen LogP contribution in [0.15, 0.2) is 65.6 Å². The number of nitrogens with zero attached hydrogens (tertiary/aromatic N) is 3. The molecule has 140 valence electrons. The summed E-state index contributed by atoms with van der Waals surface area (Å²) < 4.78 is 1.71. The Bertz CT molecular complexity index is 953. The molecule has 1 amide bonds. The number of benzene rings is 2. The lowest BCUT2D eigenvalue weighted by atomic mass is 10.1. The molecule has 0 spiro atoms. The molecule has 0 atom stereocenters. The zero-order chi connectivity index (χ0) is 19.1. The molecule has 0 unspecified atom stereocenters. The van der Waals surface area contributed by atoms with Crippen LogP contribution in [0.2, 0.25) is 0 Å². The highest BCUT2D eigenvalue weighted by atomic mass is 16.2. The van der Waals surface area contributed by atoms with Crippen LogP contribution < -0.4 is 11.2 Å². The molecule has 0 aliphatic heterocycles. The van der Waals surface area contributed by atoms with Crippen LogP contribution in [0.25, 0.3) is 10.9 Å². The van der Waals surface area contributed by atoms with Gasteiger partial charge in [-0.2, -0.15) is 5.10 Å². The number of para-hydroxylation sites is 1. The van der Waals surface area contributed by atoms with Crippen LogP contribution in [0.4, 0.5) is 0 Å². The van der Waals surface area contributed by atoms with Crippen LogP contribution in [-0.2, 0) is 17.8 Å². The third kappa shape index (κ3) is 4.80. The van der Waals surface area contributed by atoms with Crippen LogP contribution in [0.5, 0.6) is 0 Å². The number of nitrogens with two attached hydrogens (primary N) is 1. The van der Waals surface area contributed by atoms with Crippen LogP contribution in [0, 0.1) is 0 Å². The molecule has 6 nitrogen and oxygen atoms in total. The summed E-state index contributed by atoms with van der Waals surface area (Å²) in [6.07, 6.45) is 2.42. The molecule has 2 N–H and O–H groups in total. The second-order valence-electron chi connectivity index (χ2n) is 6.40. The first kappa shape index (κ1) is 18.8. The molecule has 2 aromatic carbocycles. The minimum atomic E-state index is -0.110. The van der Waals surface area contributed by atoms with E-state index in [9.17, 15) is 9.59 Å². The molecule has 27 heavy (non-hydrogen) atoms. The van der Waals surface area contributed by atoms with E-state index in [0.717, 1.165) is 11.9 Å². The lowest BCUT2D eigenvalue weighted by Gasteiger charge is -2.22. The number of hydrogen-bond acceptors (Lipinski definition) is 4. The highest BCUT2D eigenvalue weighted by molar-refractivity contribution is 5.79. The summed E-state index contributed by atoms with van der Waals surface area (Å²) >= 11 is 0. The van der Waals surface area contributed by atoms with Gasteiger partial charge >= 0.3 is 0 Å². The minimum Gasteiger partial charge on any atom is -0.341 e. The van der Waals surface area contributed by atoms with E-state index in [-0.39, 0.29) is 11.3 Å². The van der Waals surface area contributed by atoms with E-state index < -0.39 is 0 Å². The van der Waals surface area contributed by atoms with Gasteiger partial charge in [0.1, 0.15) is 0 Å². The Morgan fingerprint density at radius 1 is 1.04 bits per heavy atom. The second-order valence-corrected chi connectivity index (χ2v) is 6.40. The topological polar surface area (TPSA) is 81.2 Å². The Morgan fingerprint density at radius 3 is 2.56 bits per heavy atom. The summed E-state index contributed by atoms with van der Waals surface area (Å²) in [6, 6.07) is 17.4. The van der Waals surface area contributed by atoms with Gasteiger partial charge in [-0.25, -0.2) is 0 Å². The molecular formula is C21H24N4O2. The fourth-order valence-electron chi connectivity index (χ4n) is 3.12. The Morgan fingerprint density at radius 2 is 1.78 bits per heavy atom. The van der Waals surface area contributed by atoms with Gasteiger partial charge in [0.25, 0.3) is 0 Å². The van der Waals surface area contributed by atoms with E-state index in [1.807, 2.05) is 36.4 Å². The van der Waals surface area contributed by atoms with E-state index in [0.29, 0.717) is 38.0 Å². The van der Waals surface area contributed by atoms with Gasteiger partial charge in [0, 0.05) is 31.4 Å². The zero-order valence-electron chi connectivity index (χ0n) is 15.3. The number of carbonyl (C=O) groups excluding carboxylic acids is 1. The molecule has 6 heteroatoms. The second kappa shape index (κ2) is 9.09. The van der Waals surface area contributed by atoms with Crippen molar-refractivity contribution in [2.24, 2.45) is 5.73 Å². The molecule has 0 aliphatic carbocycles. The monoisotopic (exact) mass is 364 g/mol. The van der Waals surface area contributed by atoms with E-state index in [4.69, 9.17) is 5.73 Å². The molecule has 0 aliphatic rings. The van der Waals surface area contributed by atoms with Crippen LogP contribution in [0.3, 0.4) is 0 Å². The van der Waals surface area contributed by atoms with Crippen molar-refractivity contribution < 1.29 is 4.79 Å². The number of hydrogen-bond donors (Lipinski definition) is 1. The summed E-state index contributed by atoms with van der Waals surface area (Å²) in [6.45, 7) is 2.02. The molecule has 0 saturated heterocycles. The standard InChI is InChI=1S/C21H24N4O2/c22-12-15-24(13-10-17-6-2-1-3-7-17)21(27)11-14-25-19-9-5-4-8-18(19)20(26)16-23-25/h1-9,16H,10-15,22H2. The molecule has 0 fully saturated rings. The van der Waals surface area contributed by atoms with Crippen molar-refractivity contribution in [2.45, 2.75) is 19.4 Å². The Balaban J connectivity index is 1.66. The summed E-state index contributed by atoms with van der Waals surface area (Å²) in [4.78, 5) is 26.4. The van der Waals surface area contributed by atoms with E-state index in [1.165, 1.54) is 11.8 Å². The van der Waals surface area contributed by atoms with Crippen LogP contribution in [0.1, 0.15) is 12.0 Å². The predicted octanol–water partition coefficient (Wildman–Crippen LogP) is 1.82. The molecule has 0 radical (unpaired) electrons. The van der Waals surface area contributed by atoms with E-state index in [2.05, 4.69) is 17.2 Å². The summed E-state index contributed by atoms with van der Waals surface area (Å²) in [7, 11) is 0. The Labute approximate surface area is 158 Å². The average molecular weight is 364 g/mol. The van der Waals surface area contributed by atoms with Gasteiger partial charge in [-0.3, -0.25) is 14.3 Å². The minimum absolute atomic E-state index is 0.0426. The number of fused-ring (bicyclic) bond motifs is 1. The van der Waals surface area contributed by atoms with Gasteiger partial charge < -0.3 is 10.6 Å². The summed E-state index contributed by atoms with van der Waals surface area (Å²) in [5.74, 6) is 0.0426. The maximum atomic E-state index is 12.7. The van der Waals surface area contributed by atoms with Gasteiger partial charge in [0.2, 0.25) is 11.3 Å². The quantitative estimate of drug-likeness (QED) is 0.661. The summed E-state index contributed by atoms with van der Waals surface area (Å²) in [5.41, 5.74) is 7.52. The molecule has 1 aromatic heterocycles. The lowest BCUT2D eigenvalue weighted by molar-refractivity contribution is -0.131. The van der Waals surface area contributed by atoms with Gasteiger partial charge in [-0.05, 0) is 24.1 Å². The van der Waals surface area contributed by atoms with Crippen molar-refractivity contribution in [1.29, 1.82) is 0 Å². The predicted molar refractivity (Wildman–Crippen MR) is 106 cm³/mol. The van der Waals surface area contributed by atoms with Crippen molar-refractivity contribution in [3.8, 4) is 0 Å². The average Bonchev–Trinajstić information content (AvgIpc) is 2.71. The third-order valence-corrected chi connectivity index (χ3v) is 4.56. The summed E-state index contributed by atoms with van der Waals surface area (Å²) in [5, 5.41) is 4.80. The number of aromatic nitrogens is 2. The van der Waals surface area contributed by atoms with Gasteiger partial charge in [-0.1, -0.05) is 42.5 Å². The number of rotatable bonds is 8. The maximum absolute atomic E-state index is 12.7. The molecule has 3 rings (SSSR count). The first-order valence-electron chi connectivity index (χ1n) is 9.15. The fraction of sp³-hybridized carbons (Fsp3) is 0.286. The van der Waals surface area contributed by atoms with E-state index >= 15 is 0 Å². The normalized spacial score (nSPS) is 10.9. The van der Waals surface area contributed by atoms with Crippen molar-refractivity contribution in [1.82, 2.24) is 14.7 Å². The zero-order valence-corrected chi connectivity index (χ0v) is 15.3.